The zero-order chi connectivity index (χ0) is 47.0. The largest absolute Gasteiger partial charge is 0.462 e. The van der Waals surface area contributed by atoms with Crippen molar-refractivity contribution in [3.05, 3.63) is 36.5 Å². The van der Waals surface area contributed by atoms with Gasteiger partial charge in [-0.05, 0) is 70.6 Å². The van der Waals surface area contributed by atoms with Crippen molar-refractivity contribution in [3.8, 4) is 0 Å². The van der Waals surface area contributed by atoms with Gasteiger partial charge in [-0.25, -0.2) is 0 Å². The number of aliphatic hydroxyl groups is 1. The molecule has 0 heterocycles. The maximum Gasteiger partial charge on any atom is 0.306 e. The summed E-state index contributed by atoms with van der Waals surface area (Å²) in [7, 11) is 0. The first-order valence-electron chi connectivity index (χ1n) is 29.0. The van der Waals surface area contributed by atoms with Gasteiger partial charge in [-0.15, -0.1) is 0 Å². The maximum atomic E-state index is 12.2. The Morgan fingerprint density at radius 1 is 0.354 bits per heavy atom. The van der Waals surface area contributed by atoms with E-state index in [0.717, 1.165) is 51.4 Å². The molecule has 0 aliphatic rings. The van der Waals surface area contributed by atoms with Crippen molar-refractivity contribution in [3.63, 3.8) is 0 Å². The number of allylic oxidation sites excluding steroid dienone is 6. The van der Waals surface area contributed by atoms with E-state index >= 15 is 0 Å². The number of unbranched alkanes of at least 4 members (excludes halogenated alkanes) is 40. The third kappa shape index (κ3) is 54.6. The van der Waals surface area contributed by atoms with E-state index in [2.05, 4.69) is 50.3 Å². The molecule has 0 spiro atoms. The average Bonchev–Trinajstić information content (AvgIpc) is 3.31. The van der Waals surface area contributed by atoms with E-state index in [1.165, 1.54) is 238 Å². The van der Waals surface area contributed by atoms with Crippen LogP contribution in [-0.2, 0) is 19.1 Å². The van der Waals surface area contributed by atoms with Crippen LogP contribution in [-0.4, -0.2) is 36.4 Å². The predicted octanol–water partition coefficient (Wildman–Crippen LogP) is 19.5. The first-order valence-corrected chi connectivity index (χ1v) is 29.0. The van der Waals surface area contributed by atoms with Gasteiger partial charge in [0, 0.05) is 12.8 Å². The Balaban J connectivity index is 3.39. The highest BCUT2D eigenvalue weighted by atomic mass is 16.6. The Labute approximate surface area is 406 Å². The van der Waals surface area contributed by atoms with Crippen LogP contribution in [0.15, 0.2) is 36.5 Å². The molecule has 0 radical (unpaired) electrons. The van der Waals surface area contributed by atoms with Crippen LogP contribution in [0.5, 0.6) is 0 Å². The highest BCUT2D eigenvalue weighted by molar-refractivity contribution is 5.70. The standard InChI is InChI=1S/C60H112O5/c1-3-5-7-9-11-13-15-17-19-21-22-23-24-25-26-27-28-29-30-31-32-33-34-35-36-37-38-39-41-42-44-46-48-50-52-54-59(62)64-57-58(56-61)65-60(63)55-53-51-49-47-45-43-40-20-18-16-14-12-10-8-6-4-2/h14,16,20-22,40,58,61H,3-13,15,17-19,23-39,41-57H2,1-2H3/b16-14-,22-21-,40-20-. The number of carbonyl (C=O) groups excluding carboxylic acids is 2. The highest BCUT2D eigenvalue weighted by Gasteiger charge is 2.16. The Morgan fingerprint density at radius 3 is 0.938 bits per heavy atom. The lowest BCUT2D eigenvalue weighted by molar-refractivity contribution is -0.161. The summed E-state index contributed by atoms with van der Waals surface area (Å²) in [6, 6.07) is 0. The van der Waals surface area contributed by atoms with E-state index in [9.17, 15) is 14.7 Å². The van der Waals surface area contributed by atoms with Gasteiger partial charge in [0.15, 0.2) is 6.10 Å². The Morgan fingerprint density at radius 2 is 0.615 bits per heavy atom. The Kier molecular flexibility index (Phi) is 54.8. The van der Waals surface area contributed by atoms with Gasteiger partial charge < -0.3 is 14.6 Å². The van der Waals surface area contributed by atoms with E-state index in [0.29, 0.717) is 12.8 Å². The van der Waals surface area contributed by atoms with E-state index in [4.69, 9.17) is 9.47 Å². The molecule has 0 aromatic rings. The fourth-order valence-electron chi connectivity index (χ4n) is 8.76. The minimum atomic E-state index is -0.777. The number of aliphatic hydroxyl groups excluding tert-OH is 1. The van der Waals surface area contributed by atoms with Crippen molar-refractivity contribution < 1.29 is 24.2 Å². The fourth-order valence-corrected chi connectivity index (χ4v) is 8.76. The minimum Gasteiger partial charge on any atom is -0.462 e. The lowest BCUT2D eigenvalue weighted by atomic mass is 10.0. The van der Waals surface area contributed by atoms with Crippen molar-refractivity contribution >= 4 is 11.9 Å². The molecule has 0 rings (SSSR count). The molecule has 0 aliphatic carbocycles. The second-order valence-electron chi connectivity index (χ2n) is 19.7. The molecule has 0 aromatic heterocycles. The summed E-state index contributed by atoms with van der Waals surface area (Å²) in [5.41, 5.74) is 0. The molecule has 0 amide bonds. The van der Waals surface area contributed by atoms with Crippen LogP contribution < -0.4 is 0 Å². The normalized spacial score (nSPS) is 12.4. The van der Waals surface area contributed by atoms with Gasteiger partial charge in [-0.3, -0.25) is 9.59 Å². The van der Waals surface area contributed by atoms with Crippen LogP contribution in [0, 0.1) is 0 Å². The third-order valence-electron chi connectivity index (χ3n) is 13.2. The molecule has 0 aliphatic heterocycles. The second-order valence-corrected chi connectivity index (χ2v) is 19.7. The first kappa shape index (κ1) is 63.1. The molecule has 0 bridgehead atoms. The molecule has 1 unspecified atom stereocenters. The van der Waals surface area contributed by atoms with E-state index < -0.39 is 6.10 Å². The van der Waals surface area contributed by atoms with Gasteiger partial charge in [0.05, 0.1) is 6.61 Å². The number of ether oxygens (including phenoxy) is 2. The summed E-state index contributed by atoms with van der Waals surface area (Å²) in [4.78, 5) is 24.5. The summed E-state index contributed by atoms with van der Waals surface area (Å²) in [6.45, 7) is 4.15. The topological polar surface area (TPSA) is 72.8 Å². The smallest absolute Gasteiger partial charge is 0.306 e. The van der Waals surface area contributed by atoms with E-state index in [1.54, 1.807) is 0 Å². The van der Waals surface area contributed by atoms with Crippen LogP contribution in [0.25, 0.3) is 0 Å². The fraction of sp³-hybridized carbons (Fsp3) is 0.867. The van der Waals surface area contributed by atoms with E-state index in [1.807, 2.05) is 0 Å². The van der Waals surface area contributed by atoms with Gasteiger partial charge in [-0.1, -0.05) is 269 Å². The molecule has 5 nitrogen and oxygen atoms in total. The summed E-state index contributed by atoms with van der Waals surface area (Å²) in [5, 5.41) is 9.63. The zero-order valence-corrected chi connectivity index (χ0v) is 43.8. The summed E-state index contributed by atoms with van der Waals surface area (Å²) >= 11 is 0. The number of hydrogen-bond donors (Lipinski definition) is 1. The summed E-state index contributed by atoms with van der Waals surface area (Å²) < 4.78 is 10.7. The Hall–Kier alpha value is -1.88. The molecule has 1 atom stereocenters. The predicted molar refractivity (Wildman–Crippen MR) is 284 cm³/mol. The quantitative estimate of drug-likeness (QED) is 0.0374. The van der Waals surface area contributed by atoms with Gasteiger partial charge >= 0.3 is 11.9 Å². The lowest BCUT2D eigenvalue weighted by Crippen LogP contribution is -2.28. The van der Waals surface area contributed by atoms with Crippen LogP contribution >= 0.6 is 0 Å². The van der Waals surface area contributed by atoms with Gasteiger partial charge in [0.1, 0.15) is 6.61 Å². The molecular weight excluding hydrogens is 801 g/mol. The van der Waals surface area contributed by atoms with Crippen LogP contribution in [0.4, 0.5) is 0 Å². The molecule has 65 heavy (non-hydrogen) atoms. The first-order chi connectivity index (χ1) is 32.1. The number of esters is 2. The van der Waals surface area contributed by atoms with Crippen LogP contribution in [0.1, 0.15) is 316 Å². The van der Waals surface area contributed by atoms with Crippen LogP contribution in [0.2, 0.25) is 0 Å². The molecule has 5 heteroatoms. The monoisotopic (exact) mass is 913 g/mol. The third-order valence-corrected chi connectivity index (χ3v) is 13.2. The molecule has 382 valence electrons. The number of hydrogen-bond acceptors (Lipinski definition) is 5. The van der Waals surface area contributed by atoms with Crippen LogP contribution in [0.3, 0.4) is 0 Å². The molecule has 1 N–H and O–H groups in total. The van der Waals surface area contributed by atoms with Crippen molar-refractivity contribution in [1.82, 2.24) is 0 Å². The molecule has 0 saturated heterocycles. The summed E-state index contributed by atoms with van der Waals surface area (Å²) in [6.07, 6.45) is 72.8. The highest BCUT2D eigenvalue weighted by Crippen LogP contribution is 2.17. The SMILES string of the molecule is CCCCCC/C=C\C/C=C\CCCCCCCC(=O)OC(CO)COC(=O)CCCCCCCCCCCCCCCCCCCCCCCCC/C=C\CCCCCCCCCC. The minimum absolute atomic E-state index is 0.0676. The van der Waals surface area contributed by atoms with E-state index in [-0.39, 0.29) is 25.2 Å². The number of carbonyl (C=O) groups is 2. The second kappa shape index (κ2) is 56.4. The lowest BCUT2D eigenvalue weighted by Gasteiger charge is -2.15. The van der Waals surface area contributed by atoms with Gasteiger partial charge in [0.2, 0.25) is 0 Å². The Bertz CT molecular complexity index is 1030. The molecular formula is C60H112O5. The summed E-state index contributed by atoms with van der Waals surface area (Å²) in [5.74, 6) is -0.592. The molecule has 0 saturated carbocycles. The van der Waals surface area contributed by atoms with Gasteiger partial charge in [-0.2, -0.15) is 0 Å². The van der Waals surface area contributed by atoms with Gasteiger partial charge in [0.25, 0.3) is 0 Å². The zero-order valence-electron chi connectivity index (χ0n) is 43.8. The van der Waals surface area contributed by atoms with Crippen molar-refractivity contribution in [2.45, 2.75) is 322 Å². The van der Waals surface area contributed by atoms with Crippen molar-refractivity contribution in [2.24, 2.45) is 0 Å². The maximum absolute atomic E-state index is 12.2. The van der Waals surface area contributed by atoms with Crippen molar-refractivity contribution in [1.29, 1.82) is 0 Å². The molecule has 0 fully saturated rings. The number of rotatable bonds is 54. The molecule has 0 aromatic carbocycles. The average molecular weight is 914 g/mol. The van der Waals surface area contributed by atoms with Crippen molar-refractivity contribution in [2.75, 3.05) is 13.2 Å².